The summed E-state index contributed by atoms with van der Waals surface area (Å²) in [5, 5.41) is 4.13. The lowest BCUT2D eigenvalue weighted by Gasteiger charge is -2.18. The summed E-state index contributed by atoms with van der Waals surface area (Å²) in [6, 6.07) is 8.30. The van der Waals surface area contributed by atoms with E-state index in [2.05, 4.69) is 25.2 Å². The summed E-state index contributed by atoms with van der Waals surface area (Å²) >= 11 is 6.16. The molecule has 1 unspecified atom stereocenters. The number of furan rings is 1. The van der Waals surface area contributed by atoms with Crippen molar-refractivity contribution in [3.8, 4) is 0 Å². The Morgan fingerprint density at radius 3 is 2.53 bits per heavy atom. The van der Waals surface area contributed by atoms with Gasteiger partial charge < -0.3 is 9.73 Å². The molecular weight excluding hydrogens is 258 g/mol. The summed E-state index contributed by atoms with van der Waals surface area (Å²) in [6.45, 7) is 6.20. The van der Waals surface area contributed by atoms with Crippen molar-refractivity contribution < 1.29 is 4.42 Å². The number of halogens is 1. The van der Waals surface area contributed by atoms with Crippen molar-refractivity contribution in [1.29, 1.82) is 0 Å². The first-order valence-corrected chi connectivity index (χ1v) is 6.97. The van der Waals surface area contributed by atoms with Crippen molar-refractivity contribution in [2.45, 2.75) is 33.2 Å². The van der Waals surface area contributed by atoms with Crippen LogP contribution in [-0.4, -0.2) is 7.05 Å². The fourth-order valence-electron chi connectivity index (χ4n) is 2.30. The Morgan fingerprint density at radius 1 is 1.21 bits per heavy atom. The molecule has 1 N–H and O–H groups in total. The van der Waals surface area contributed by atoms with Crippen LogP contribution in [-0.2, 0) is 6.42 Å². The topological polar surface area (TPSA) is 25.2 Å². The third-order valence-corrected chi connectivity index (χ3v) is 3.87. The van der Waals surface area contributed by atoms with E-state index in [0.717, 1.165) is 28.5 Å². The standard InChI is InChI=1S/C16H20ClNO/c1-5-12-6-7-15(19-12)16(18-4)13-8-11(3)14(17)9-10(13)2/h6-9,16,18H,5H2,1-4H3. The van der Waals surface area contributed by atoms with Crippen LogP contribution in [0.5, 0.6) is 0 Å². The van der Waals surface area contributed by atoms with Gasteiger partial charge in [0, 0.05) is 11.4 Å². The maximum Gasteiger partial charge on any atom is 0.125 e. The number of rotatable bonds is 4. The van der Waals surface area contributed by atoms with Gasteiger partial charge in [-0.25, -0.2) is 0 Å². The van der Waals surface area contributed by atoms with Crippen LogP contribution >= 0.6 is 11.6 Å². The molecule has 0 aliphatic rings. The quantitative estimate of drug-likeness (QED) is 0.895. The second kappa shape index (κ2) is 5.81. The second-order valence-electron chi connectivity index (χ2n) is 4.84. The van der Waals surface area contributed by atoms with Crippen LogP contribution in [0.25, 0.3) is 0 Å². The molecule has 2 nitrogen and oxygen atoms in total. The van der Waals surface area contributed by atoms with Gasteiger partial charge in [-0.3, -0.25) is 0 Å². The van der Waals surface area contributed by atoms with E-state index in [0.29, 0.717) is 0 Å². The van der Waals surface area contributed by atoms with Gasteiger partial charge in [-0.2, -0.15) is 0 Å². The first kappa shape index (κ1) is 14.2. The summed E-state index contributed by atoms with van der Waals surface area (Å²) in [7, 11) is 1.95. The SMILES string of the molecule is CCc1ccc(C(NC)c2cc(C)c(Cl)cc2C)o1. The van der Waals surface area contributed by atoms with Crippen molar-refractivity contribution >= 4 is 11.6 Å². The minimum Gasteiger partial charge on any atom is -0.464 e. The highest BCUT2D eigenvalue weighted by molar-refractivity contribution is 6.31. The zero-order valence-corrected chi connectivity index (χ0v) is 12.6. The molecular formula is C16H20ClNO. The molecule has 0 spiro atoms. The maximum absolute atomic E-state index is 6.16. The lowest BCUT2D eigenvalue weighted by atomic mass is 9.97. The number of hydrogen-bond acceptors (Lipinski definition) is 2. The third-order valence-electron chi connectivity index (χ3n) is 3.46. The molecule has 102 valence electrons. The zero-order valence-electron chi connectivity index (χ0n) is 11.9. The lowest BCUT2D eigenvalue weighted by Crippen LogP contribution is -2.18. The second-order valence-corrected chi connectivity index (χ2v) is 5.24. The molecule has 1 atom stereocenters. The largest absolute Gasteiger partial charge is 0.464 e. The molecule has 1 aromatic carbocycles. The number of hydrogen-bond donors (Lipinski definition) is 1. The third kappa shape index (κ3) is 2.85. The van der Waals surface area contributed by atoms with E-state index < -0.39 is 0 Å². The van der Waals surface area contributed by atoms with Crippen molar-refractivity contribution in [2.24, 2.45) is 0 Å². The monoisotopic (exact) mass is 277 g/mol. The van der Waals surface area contributed by atoms with Gasteiger partial charge in [0.1, 0.15) is 11.5 Å². The molecule has 0 fully saturated rings. The first-order chi connectivity index (χ1) is 9.06. The van der Waals surface area contributed by atoms with Crippen molar-refractivity contribution in [3.63, 3.8) is 0 Å². The minimum atomic E-state index is 0.0660. The van der Waals surface area contributed by atoms with E-state index >= 15 is 0 Å². The molecule has 2 rings (SSSR count). The van der Waals surface area contributed by atoms with Gasteiger partial charge in [0.15, 0.2) is 0 Å². The molecule has 0 aliphatic carbocycles. The van der Waals surface area contributed by atoms with E-state index in [1.807, 2.05) is 32.2 Å². The Kier molecular flexibility index (Phi) is 4.33. The zero-order chi connectivity index (χ0) is 14.0. The van der Waals surface area contributed by atoms with Gasteiger partial charge in [-0.05, 0) is 55.8 Å². The Morgan fingerprint density at radius 2 is 1.95 bits per heavy atom. The Hall–Kier alpha value is -1.25. The van der Waals surface area contributed by atoms with Crippen LogP contribution in [0.2, 0.25) is 5.02 Å². The van der Waals surface area contributed by atoms with Crippen LogP contribution in [0.1, 0.15) is 41.2 Å². The summed E-state index contributed by atoms with van der Waals surface area (Å²) in [6.07, 6.45) is 0.912. The molecule has 0 bridgehead atoms. The predicted octanol–water partition coefficient (Wildman–Crippen LogP) is 4.42. The Bertz CT molecular complexity index is 574. The van der Waals surface area contributed by atoms with Gasteiger partial charge in [-0.1, -0.05) is 24.6 Å². The fraction of sp³-hybridized carbons (Fsp3) is 0.375. The highest BCUT2D eigenvalue weighted by Gasteiger charge is 2.18. The molecule has 19 heavy (non-hydrogen) atoms. The van der Waals surface area contributed by atoms with Crippen LogP contribution in [0.15, 0.2) is 28.7 Å². The summed E-state index contributed by atoms with van der Waals surface area (Å²) < 4.78 is 5.87. The van der Waals surface area contributed by atoms with E-state index in [4.69, 9.17) is 16.0 Å². The average Bonchev–Trinajstić information content (AvgIpc) is 2.85. The predicted molar refractivity (Wildman–Crippen MR) is 79.9 cm³/mol. The van der Waals surface area contributed by atoms with Gasteiger partial charge in [0.25, 0.3) is 0 Å². The first-order valence-electron chi connectivity index (χ1n) is 6.59. The molecule has 0 aliphatic heterocycles. The molecule has 0 saturated carbocycles. The molecule has 0 amide bonds. The smallest absolute Gasteiger partial charge is 0.125 e. The Balaban J connectivity index is 2.44. The van der Waals surface area contributed by atoms with Crippen LogP contribution in [0.4, 0.5) is 0 Å². The van der Waals surface area contributed by atoms with Crippen molar-refractivity contribution in [2.75, 3.05) is 7.05 Å². The number of benzene rings is 1. The van der Waals surface area contributed by atoms with Crippen LogP contribution < -0.4 is 5.32 Å². The van der Waals surface area contributed by atoms with E-state index in [1.54, 1.807) is 0 Å². The molecule has 1 heterocycles. The molecule has 3 heteroatoms. The minimum absolute atomic E-state index is 0.0660. The van der Waals surface area contributed by atoms with Gasteiger partial charge in [0.05, 0.1) is 6.04 Å². The molecule has 0 saturated heterocycles. The van der Waals surface area contributed by atoms with Gasteiger partial charge in [0.2, 0.25) is 0 Å². The lowest BCUT2D eigenvalue weighted by molar-refractivity contribution is 0.433. The fourth-order valence-corrected chi connectivity index (χ4v) is 2.52. The highest BCUT2D eigenvalue weighted by atomic mass is 35.5. The summed E-state index contributed by atoms with van der Waals surface area (Å²) in [4.78, 5) is 0. The van der Waals surface area contributed by atoms with Crippen LogP contribution in [0, 0.1) is 13.8 Å². The maximum atomic E-state index is 6.16. The number of nitrogens with one attached hydrogen (secondary N) is 1. The molecule has 1 aromatic heterocycles. The average molecular weight is 278 g/mol. The summed E-state index contributed by atoms with van der Waals surface area (Å²) in [5.74, 6) is 1.96. The van der Waals surface area contributed by atoms with Crippen molar-refractivity contribution in [1.82, 2.24) is 5.32 Å². The van der Waals surface area contributed by atoms with E-state index in [9.17, 15) is 0 Å². The molecule has 0 radical (unpaired) electrons. The molecule has 2 aromatic rings. The van der Waals surface area contributed by atoms with Gasteiger partial charge >= 0.3 is 0 Å². The van der Waals surface area contributed by atoms with Crippen LogP contribution in [0.3, 0.4) is 0 Å². The summed E-state index contributed by atoms with van der Waals surface area (Å²) in [5.41, 5.74) is 3.47. The van der Waals surface area contributed by atoms with Crippen molar-refractivity contribution in [3.05, 3.63) is 57.5 Å². The van der Waals surface area contributed by atoms with E-state index in [-0.39, 0.29) is 6.04 Å². The number of aryl methyl sites for hydroxylation is 3. The normalized spacial score (nSPS) is 12.7. The Labute approximate surface area is 119 Å². The van der Waals surface area contributed by atoms with E-state index in [1.165, 1.54) is 11.1 Å². The van der Waals surface area contributed by atoms with Gasteiger partial charge in [-0.15, -0.1) is 0 Å². The highest BCUT2D eigenvalue weighted by Crippen LogP contribution is 2.30.